The topological polar surface area (TPSA) is 407 Å². The molecule has 0 aliphatic rings. The number of aliphatic hydroxyl groups excluding tert-OH is 1. The fourth-order valence-electron chi connectivity index (χ4n) is 6.59. The van der Waals surface area contributed by atoms with Crippen LogP contribution in [0.25, 0.3) is 0 Å². The summed E-state index contributed by atoms with van der Waals surface area (Å²) < 4.78 is 0. The molecule has 0 saturated carbocycles. The summed E-state index contributed by atoms with van der Waals surface area (Å²) in [6.45, 7) is 16.3. The fraction of sp³-hybridized carbons (Fsp3) is 0.773. The molecule has 8 amide bonds. The minimum atomic E-state index is -1.66. The van der Waals surface area contributed by atoms with Crippen molar-refractivity contribution in [3.8, 4) is 0 Å². The molecule has 390 valence electrons. The molecule has 11 atom stereocenters. The maximum atomic E-state index is 13.8. The SMILES string of the molecule is CC[C@H](C)[C@H](N)C(=O)N[C@@H](C)C(=O)N[C@H](C(=O)N[C@@H](CCCN=C(N)N)C(=O)N[C@H](C(=O)NCC(=O)N[C@@H](CCCCN)C(=O)N[C@H](C(=O)N[C@@H](CC(C)C)C(=O)O)[C@@H](C)CC)[C@@H](C)O)C(C)C. The third kappa shape index (κ3) is 23.4. The van der Waals surface area contributed by atoms with Crippen molar-refractivity contribution in [2.75, 3.05) is 19.6 Å². The second kappa shape index (κ2) is 32.2. The Balaban J connectivity index is 6.19. The zero-order valence-electron chi connectivity index (χ0n) is 41.6. The maximum Gasteiger partial charge on any atom is 0.326 e. The molecule has 24 heteroatoms. The van der Waals surface area contributed by atoms with Crippen molar-refractivity contribution in [1.82, 2.24) is 42.5 Å². The van der Waals surface area contributed by atoms with E-state index in [0.29, 0.717) is 32.2 Å². The van der Waals surface area contributed by atoms with Gasteiger partial charge in [0.15, 0.2) is 5.96 Å². The van der Waals surface area contributed by atoms with Gasteiger partial charge in [0.05, 0.1) is 18.7 Å². The van der Waals surface area contributed by atoms with Gasteiger partial charge in [-0.25, -0.2) is 4.79 Å². The molecule has 0 aromatic rings. The van der Waals surface area contributed by atoms with E-state index >= 15 is 0 Å². The molecule has 24 nitrogen and oxygen atoms in total. The van der Waals surface area contributed by atoms with Crippen molar-refractivity contribution < 1.29 is 53.4 Å². The molecule has 0 saturated heterocycles. The summed E-state index contributed by atoms with van der Waals surface area (Å²) in [6.07, 6.45) is 0.755. The van der Waals surface area contributed by atoms with Crippen LogP contribution in [-0.4, -0.2) is 143 Å². The predicted molar refractivity (Wildman–Crippen MR) is 256 cm³/mol. The molecule has 0 aromatic heterocycles. The van der Waals surface area contributed by atoms with Crippen molar-refractivity contribution >= 4 is 59.2 Å². The number of nitrogens with one attached hydrogen (secondary N) is 8. The standard InChI is InChI=1S/C44H83N13O11/c1-11-24(7)32(46)39(63)51-26(9)36(60)55-33(23(5)6)41(65)53-29(17-15-19-49-44(47)48)38(62)57-35(27(10)58)40(64)50-21-31(59)52-28(16-13-14-18-45)37(61)56-34(25(8)12-2)42(66)54-30(43(67)68)20-22(3)4/h22-30,32-35,58H,11-21,45-46H2,1-10H3,(H,50,64)(H,51,63)(H,52,59)(H,53,65)(H,54,66)(H,55,60)(H,56,61)(H,57,62)(H,67,68)(H4,47,48,49)/t24-,25-,26-,27+,28-,29-,30-,32-,33-,34-,35-/m0/s1. The first-order valence-electron chi connectivity index (χ1n) is 23.5. The van der Waals surface area contributed by atoms with Crippen molar-refractivity contribution in [3.05, 3.63) is 0 Å². The van der Waals surface area contributed by atoms with Crippen LogP contribution >= 0.6 is 0 Å². The maximum absolute atomic E-state index is 13.8. The number of unbranched alkanes of at least 4 members (excludes halogenated alkanes) is 1. The van der Waals surface area contributed by atoms with E-state index in [-0.39, 0.29) is 50.0 Å². The first-order valence-corrected chi connectivity index (χ1v) is 23.5. The summed E-state index contributed by atoms with van der Waals surface area (Å²) >= 11 is 0. The van der Waals surface area contributed by atoms with Crippen LogP contribution < -0.4 is 65.5 Å². The fourth-order valence-corrected chi connectivity index (χ4v) is 6.59. The summed E-state index contributed by atoms with van der Waals surface area (Å²) in [5.41, 5.74) is 22.5. The van der Waals surface area contributed by atoms with E-state index < -0.39 is 126 Å². The van der Waals surface area contributed by atoms with Gasteiger partial charge in [-0.3, -0.25) is 43.3 Å². The summed E-state index contributed by atoms with van der Waals surface area (Å²) in [5.74, 6) is -8.82. The molecule has 0 aliphatic heterocycles. The Bertz CT molecular complexity index is 1690. The van der Waals surface area contributed by atoms with Crippen LogP contribution in [0.5, 0.6) is 0 Å². The number of aliphatic hydroxyl groups is 1. The number of carbonyl (C=O) groups excluding carboxylic acids is 8. The number of carboxylic acids is 1. The Labute approximate surface area is 400 Å². The van der Waals surface area contributed by atoms with Crippen molar-refractivity contribution in [2.24, 2.45) is 51.6 Å². The molecule has 0 aliphatic carbocycles. The Kier molecular flexibility index (Phi) is 29.5. The van der Waals surface area contributed by atoms with Gasteiger partial charge in [-0.1, -0.05) is 68.2 Å². The van der Waals surface area contributed by atoms with E-state index in [1.807, 2.05) is 6.92 Å². The molecule has 0 radical (unpaired) electrons. The summed E-state index contributed by atoms with van der Waals surface area (Å²) in [5, 5.41) is 40.5. The van der Waals surface area contributed by atoms with Crippen LogP contribution in [0.4, 0.5) is 0 Å². The molecular weight excluding hydrogens is 887 g/mol. The lowest BCUT2D eigenvalue weighted by atomic mass is 9.96. The van der Waals surface area contributed by atoms with Crippen molar-refractivity contribution in [2.45, 2.75) is 175 Å². The van der Waals surface area contributed by atoms with Crippen molar-refractivity contribution in [1.29, 1.82) is 0 Å². The average molecular weight is 970 g/mol. The number of hydrogen-bond donors (Lipinski definition) is 14. The Hall–Kier alpha value is -5.62. The third-order valence-electron chi connectivity index (χ3n) is 11.3. The zero-order valence-corrected chi connectivity index (χ0v) is 41.6. The molecule has 0 bridgehead atoms. The second-order valence-electron chi connectivity index (χ2n) is 18.1. The minimum Gasteiger partial charge on any atom is -0.480 e. The minimum absolute atomic E-state index is 0.0521. The molecule has 0 spiro atoms. The molecule has 68 heavy (non-hydrogen) atoms. The molecule has 0 rings (SSSR count). The number of amides is 8. The lowest BCUT2D eigenvalue weighted by Gasteiger charge is -2.28. The van der Waals surface area contributed by atoms with Gasteiger partial charge in [0.25, 0.3) is 0 Å². The lowest BCUT2D eigenvalue weighted by Crippen LogP contribution is -2.61. The number of aliphatic imine (C=N–C) groups is 1. The molecular formula is C44H83N13O11. The van der Waals surface area contributed by atoms with E-state index in [1.165, 1.54) is 13.8 Å². The number of nitrogens with zero attached hydrogens (tertiary/aromatic N) is 1. The number of aliphatic carboxylic acids is 1. The van der Waals surface area contributed by atoms with Gasteiger partial charge in [0.1, 0.15) is 42.3 Å². The van der Waals surface area contributed by atoms with Gasteiger partial charge in [-0.15, -0.1) is 0 Å². The van der Waals surface area contributed by atoms with Gasteiger partial charge < -0.3 is 75.7 Å². The van der Waals surface area contributed by atoms with E-state index in [9.17, 15) is 53.4 Å². The zero-order chi connectivity index (χ0) is 52.4. The van der Waals surface area contributed by atoms with E-state index in [1.54, 1.807) is 48.5 Å². The van der Waals surface area contributed by atoms with Gasteiger partial charge in [0.2, 0.25) is 47.3 Å². The van der Waals surface area contributed by atoms with Crippen molar-refractivity contribution in [3.63, 3.8) is 0 Å². The quantitative estimate of drug-likeness (QED) is 0.0181. The van der Waals surface area contributed by atoms with Crippen LogP contribution in [0.1, 0.15) is 121 Å². The highest BCUT2D eigenvalue weighted by Gasteiger charge is 2.35. The Morgan fingerprint density at radius 2 is 1.09 bits per heavy atom. The number of rotatable bonds is 33. The largest absolute Gasteiger partial charge is 0.480 e. The van der Waals surface area contributed by atoms with Gasteiger partial charge >= 0.3 is 5.97 Å². The molecule has 0 aromatic carbocycles. The highest BCUT2D eigenvalue weighted by molar-refractivity contribution is 5.97. The molecule has 18 N–H and O–H groups in total. The van der Waals surface area contributed by atoms with Crippen LogP contribution in [0, 0.1) is 23.7 Å². The van der Waals surface area contributed by atoms with Gasteiger partial charge in [-0.05, 0) is 82.6 Å². The van der Waals surface area contributed by atoms with Gasteiger partial charge in [0, 0.05) is 6.54 Å². The lowest BCUT2D eigenvalue weighted by molar-refractivity contribution is -0.143. The first-order chi connectivity index (χ1) is 31.7. The predicted octanol–water partition coefficient (Wildman–Crippen LogP) is -2.71. The van der Waals surface area contributed by atoms with Crippen LogP contribution in [0.15, 0.2) is 4.99 Å². The Morgan fingerprint density at radius 3 is 1.59 bits per heavy atom. The highest BCUT2D eigenvalue weighted by atomic mass is 16.4. The Morgan fingerprint density at radius 1 is 0.574 bits per heavy atom. The summed E-state index contributed by atoms with van der Waals surface area (Å²) in [6, 6.07) is -9.72. The van der Waals surface area contributed by atoms with E-state index in [4.69, 9.17) is 22.9 Å². The monoisotopic (exact) mass is 970 g/mol. The smallest absolute Gasteiger partial charge is 0.326 e. The summed E-state index contributed by atoms with van der Waals surface area (Å²) in [7, 11) is 0. The normalized spacial score (nSPS) is 16.1. The number of carboxylic acid groups (broad SMARTS) is 1. The third-order valence-corrected chi connectivity index (χ3v) is 11.3. The van der Waals surface area contributed by atoms with E-state index in [2.05, 4.69) is 47.5 Å². The van der Waals surface area contributed by atoms with Crippen LogP contribution in [-0.2, 0) is 43.2 Å². The summed E-state index contributed by atoms with van der Waals surface area (Å²) in [4.78, 5) is 123. The average Bonchev–Trinajstić information content (AvgIpc) is 3.26. The van der Waals surface area contributed by atoms with E-state index in [0.717, 1.165) is 0 Å². The van der Waals surface area contributed by atoms with Gasteiger partial charge in [-0.2, -0.15) is 0 Å². The highest BCUT2D eigenvalue weighted by Crippen LogP contribution is 2.13. The molecule has 0 heterocycles. The first kappa shape index (κ1) is 62.4. The molecule has 0 fully saturated rings. The van der Waals surface area contributed by atoms with Crippen LogP contribution in [0.2, 0.25) is 0 Å². The second-order valence-corrected chi connectivity index (χ2v) is 18.1. The number of guanidine groups is 1. The molecule has 0 unspecified atom stereocenters. The number of nitrogens with two attached hydrogens (primary N) is 4. The number of carbonyl (C=O) groups is 9. The number of hydrogen-bond acceptors (Lipinski definition) is 13. The van der Waals surface area contributed by atoms with Crippen LogP contribution in [0.3, 0.4) is 0 Å².